The van der Waals surface area contributed by atoms with Crippen molar-refractivity contribution < 1.29 is 18.7 Å². The average Bonchev–Trinajstić information content (AvgIpc) is 3.20. The lowest BCUT2D eigenvalue weighted by molar-refractivity contribution is -0.122. The number of fused-ring (bicyclic) bond motifs is 1. The molecule has 2 saturated heterocycles. The normalized spacial score (nSPS) is 21.9. The van der Waals surface area contributed by atoms with Crippen LogP contribution < -0.4 is 10.2 Å². The number of piperazine rings is 1. The fourth-order valence-electron chi connectivity index (χ4n) is 4.25. The van der Waals surface area contributed by atoms with Gasteiger partial charge >= 0.3 is 6.09 Å². The Bertz CT molecular complexity index is 1050. The summed E-state index contributed by atoms with van der Waals surface area (Å²) in [6, 6.07) is 3.18. The van der Waals surface area contributed by atoms with Gasteiger partial charge in [-0.15, -0.1) is 15.3 Å². The van der Waals surface area contributed by atoms with Crippen LogP contribution in [0.4, 0.5) is 15.0 Å². The summed E-state index contributed by atoms with van der Waals surface area (Å²) >= 11 is 0. The number of amides is 2. The van der Waals surface area contributed by atoms with Crippen LogP contribution in [0.25, 0.3) is 5.65 Å². The molecule has 0 saturated carbocycles. The maximum atomic E-state index is 14.7. The molecule has 35 heavy (non-hydrogen) atoms. The second-order valence-electron chi connectivity index (χ2n) is 10.3. The Morgan fingerprint density at radius 3 is 2.57 bits per heavy atom. The molecule has 2 atom stereocenters. The third-order valence-electron chi connectivity index (χ3n) is 6.26. The number of carbonyl (C=O) groups excluding carboxylic acids is 2. The zero-order valence-electron chi connectivity index (χ0n) is 20.9. The molecule has 2 aromatic heterocycles. The number of anilines is 1. The van der Waals surface area contributed by atoms with Crippen LogP contribution in [0.1, 0.15) is 39.4 Å². The van der Waals surface area contributed by atoms with Crippen molar-refractivity contribution in [2.75, 3.05) is 51.2 Å². The number of ether oxygens (including phenoxy) is 1. The minimum atomic E-state index is -1.36. The van der Waals surface area contributed by atoms with E-state index in [2.05, 4.69) is 32.4 Å². The van der Waals surface area contributed by atoms with Gasteiger partial charge in [0.05, 0.1) is 12.6 Å². The van der Waals surface area contributed by atoms with E-state index in [1.165, 1.54) is 4.90 Å². The first-order valence-corrected chi connectivity index (χ1v) is 12.2. The first-order chi connectivity index (χ1) is 16.6. The number of hydrogen-bond acceptors (Lipinski definition) is 8. The van der Waals surface area contributed by atoms with Crippen LogP contribution in [-0.2, 0) is 16.0 Å². The monoisotopic (exact) mass is 490 g/mol. The molecular formula is C23H35FN8O3. The molecule has 1 N–H and O–H groups in total. The van der Waals surface area contributed by atoms with Crippen molar-refractivity contribution >= 4 is 23.5 Å². The molecule has 0 aromatic carbocycles. The number of hydrogen-bond donors (Lipinski definition) is 1. The maximum Gasteiger partial charge on any atom is 0.410 e. The van der Waals surface area contributed by atoms with Crippen LogP contribution in [0, 0.1) is 0 Å². The Hall–Kier alpha value is -3.02. The number of rotatable bonds is 5. The van der Waals surface area contributed by atoms with Gasteiger partial charge in [-0.2, -0.15) is 4.52 Å². The van der Waals surface area contributed by atoms with Crippen molar-refractivity contribution in [3.05, 3.63) is 18.0 Å². The molecule has 4 heterocycles. The van der Waals surface area contributed by atoms with Crippen LogP contribution in [0.15, 0.2) is 12.1 Å². The van der Waals surface area contributed by atoms with Gasteiger partial charge in [-0.1, -0.05) is 0 Å². The summed E-state index contributed by atoms with van der Waals surface area (Å²) in [4.78, 5) is 30.6. The molecule has 0 aliphatic carbocycles. The Balaban J connectivity index is 1.30. The van der Waals surface area contributed by atoms with Crippen molar-refractivity contribution in [1.29, 1.82) is 0 Å². The van der Waals surface area contributed by atoms with Crippen LogP contribution in [0.2, 0.25) is 0 Å². The number of likely N-dealkylation sites (tertiary alicyclic amines) is 1. The number of likely N-dealkylation sites (N-methyl/N-ethyl adjacent to an activating group) is 1. The molecule has 2 amide bonds. The van der Waals surface area contributed by atoms with Crippen molar-refractivity contribution in [3.63, 3.8) is 0 Å². The predicted octanol–water partition coefficient (Wildman–Crippen LogP) is 1.27. The molecule has 11 nitrogen and oxygen atoms in total. The van der Waals surface area contributed by atoms with Gasteiger partial charge in [0.15, 0.2) is 11.5 Å². The van der Waals surface area contributed by atoms with Gasteiger partial charge in [-0.25, -0.2) is 9.18 Å². The van der Waals surface area contributed by atoms with Crippen LogP contribution in [0.5, 0.6) is 0 Å². The number of carbonyl (C=O) groups is 2. The van der Waals surface area contributed by atoms with Gasteiger partial charge in [0, 0.05) is 45.6 Å². The predicted molar refractivity (Wildman–Crippen MR) is 128 cm³/mol. The Morgan fingerprint density at radius 2 is 1.89 bits per heavy atom. The van der Waals surface area contributed by atoms with Gasteiger partial charge in [0.1, 0.15) is 17.6 Å². The fraction of sp³-hybridized carbons (Fsp3) is 0.696. The summed E-state index contributed by atoms with van der Waals surface area (Å²) in [5, 5.41) is 15.8. The van der Waals surface area contributed by atoms with Crippen LogP contribution in [0.3, 0.4) is 0 Å². The number of nitrogens with one attached hydrogen (secondary N) is 1. The van der Waals surface area contributed by atoms with Crippen molar-refractivity contribution in [2.24, 2.45) is 0 Å². The van der Waals surface area contributed by atoms with E-state index in [-0.39, 0.29) is 18.9 Å². The highest BCUT2D eigenvalue weighted by Gasteiger charge is 2.34. The lowest BCUT2D eigenvalue weighted by atomic mass is 10.0. The molecule has 2 fully saturated rings. The second-order valence-corrected chi connectivity index (χ2v) is 10.3. The summed E-state index contributed by atoms with van der Waals surface area (Å²) in [6.45, 7) is 9.27. The Labute approximate surface area is 204 Å². The summed E-state index contributed by atoms with van der Waals surface area (Å²) in [5.74, 6) is 1.17. The summed E-state index contributed by atoms with van der Waals surface area (Å²) in [6.07, 6.45) is -1.09. The maximum absolute atomic E-state index is 14.7. The Morgan fingerprint density at radius 1 is 1.14 bits per heavy atom. The largest absolute Gasteiger partial charge is 0.444 e. The standard InChI is InChI=1S/C23H35FN8O3/c1-23(2,3)35-22(34)31-10-9-17(16(24)15-31)25-21(33)8-7-19-27-26-18-5-6-20(28-32(18)19)30-13-11-29(4)12-14-30/h5-6,16-17H,7-15H2,1-4H3,(H,25,33). The molecule has 0 bridgehead atoms. The van der Waals surface area contributed by atoms with E-state index in [1.54, 1.807) is 25.3 Å². The molecular weight excluding hydrogens is 455 g/mol. The van der Waals surface area contributed by atoms with Gasteiger partial charge in [0.2, 0.25) is 5.91 Å². The molecule has 2 aliphatic heterocycles. The first kappa shape index (κ1) is 25.1. The number of nitrogens with zero attached hydrogens (tertiary/aromatic N) is 7. The molecule has 2 aromatic rings. The fourth-order valence-corrected chi connectivity index (χ4v) is 4.25. The van der Waals surface area contributed by atoms with E-state index < -0.39 is 23.9 Å². The van der Waals surface area contributed by atoms with E-state index in [9.17, 15) is 14.0 Å². The van der Waals surface area contributed by atoms with Crippen LogP contribution >= 0.6 is 0 Å². The van der Waals surface area contributed by atoms with Crippen molar-refractivity contribution in [1.82, 2.24) is 34.9 Å². The SMILES string of the molecule is CN1CCN(c2ccc3nnc(CCC(=O)NC4CCN(C(=O)OC(C)(C)C)CC4F)n3n2)CC1. The van der Waals surface area contributed by atoms with Crippen molar-refractivity contribution in [3.8, 4) is 0 Å². The molecule has 12 heteroatoms. The number of halogens is 1. The zero-order chi connectivity index (χ0) is 25.2. The van der Waals surface area contributed by atoms with Gasteiger partial charge in [-0.05, 0) is 46.4 Å². The van der Waals surface area contributed by atoms with E-state index in [0.717, 1.165) is 32.0 Å². The highest BCUT2D eigenvalue weighted by Crippen LogP contribution is 2.19. The quantitative estimate of drug-likeness (QED) is 0.668. The molecule has 0 radical (unpaired) electrons. The molecule has 192 valence electrons. The van der Waals surface area contributed by atoms with Gasteiger partial charge in [0.25, 0.3) is 0 Å². The van der Waals surface area contributed by atoms with Gasteiger partial charge < -0.3 is 24.8 Å². The summed E-state index contributed by atoms with van der Waals surface area (Å²) in [5.41, 5.74) is -0.0171. The topological polar surface area (TPSA) is 108 Å². The van der Waals surface area contributed by atoms with Crippen LogP contribution in [-0.4, -0.2) is 106 Å². The van der Waals surface area contributed by atoms with E-state index in [1.807, 2.05) is 12.1 Å². The number of alkyl halides is 1. The highest BCUT2D eigenvalue weighted by molar-refractivity contribution is 5.76. The molecule has 4 rings (SSSR count). The average molecular weight is 491 g/mol. The molecule has 0 spiro atoms. The lowest BCUT2D eigenvalue weighted by Crippen LogP contribution is -2.54. The summed E-state index contributed by atoms with van der Waals surface area (Å²) < 4.78 is 21.7. The summed E-state index contributed by atoms with van der Waals surface area (Å²) in [7, 11) is 2.10. The second kappa shape index (κ2) is 10.3. The van der Waals surface area contributed by atoms with E-state index in [0.29, 0.717) is 30.9 Å². The number of aromatic nitrogens is 4. The zero-order valence-corrected chi connectivity index (χ0v) is 20.9. The smallest absolute Gasteiger partial charge is 0.410 e. The number of aryl methyl sites for hydroxylation is 1. The van der Waals surface area contributed by atoms with E-state index >= 15 is 0 Å². The molecule has 2 aliphatic rings. The number of piperidine rings is 1. The first-order valence-electron chi connectivity index (χ1n) is 12.2. The molecule has 2 unspecified atom stereocenters. The highest BCUT2D eigenvalue weighted by atomic mass is 19.1. The third kappa shape index (κ3) is 6.36. The lowest BCUT2D eigenvalue weighted by Gasteiger charge is -2.35. The minimum absolute atomic E-state index is 0.104. The minimum Gasteiger partial charge on any atom is -0.444 e. The Kier molecular flexibility index (Phi) is 7.39. The van der Waals surface area contributed by atoms with E-state index in [4.69, 9.17) is 9.84 Å². The third-order valence-corrected chi connectivity index (χ3v) is 6.26. The van der Waals surface area contributed by atoms with Gasteiger partial charge in [-0.3, -0.25) is 4.79 Å². The van der Waals surface area contributed by atoms with Crippen molar-refractivity contribution in [2.45, 2.75) is 57.8 Å².